The molecule has 0 aliphatic rings. The number of fused-ring (bicyclic) bond motifs is 1. The van der Waals surface area contributed by atoms with Crippen molar-refractivity contribution < 1.29 is 0 Å². The molecule has 5 heteroatoms. The zero-order valence-corrected chi connectivity index (χ0v) is 12.5. The summed E-state index contributed by atoms with van der Waals surface area (Å²) in [6.45, 7) is 4.29. The number of pyridine rings is 1. The van der Waals surface area contributed by atoms with Crippen LogP contribution in [0.5, 0.6) is 0 Å². The summed E-state index contributed by atoms with van der Waals surface area (Å²) in [4.78, 5) is 9.11. The predicted octanol–water partition coefficient (Wildman–Crippen LogP) is 4.52. The third-order valence-electron chi connectivity index (χ3n) is 2.15. The summed E-state index contributed by atoms with van der Waals surface area (Å²) in [5.41, 5.74) is 1.98. The average Bonchev–Trinajstić information content (AvgIpc) is 2.66. The molecule has 0 aliphatic carbocycles. The highest BCUT2D eigenvalue weighted by atomic mass is 79.9. The van der Waals surface area contributed by atoms with Gasteiger partial charge in [-0.2, -0.15) is 0 Å². The molecule has 0 fully saturated rings. The molecule has 0 N–H and O–H groups in total. The third-order valence-corrected chi connectivity index (χ3v) is 5.18. The molecule has 2 aromatic heterocycles. The largest absolute Gasteiger partial charge is 0.231 e. The first kappa shape index (κ1) is 12.3. The van der Waals surface area contributed by atoms with Gasteiger partial charge in [0.1, 0.15) is 0 Å². The highest BCUT2D eigenvalue weighted by Crippen LogP contribution is 2.31. The van der Waals surface area contributed by atoms with E-state index in [1.165, 1.54) is 11.1 Å². The standard InChI is InChI=1S/C11H13BrN2S2/c1-3-5-15-11-14-10-9(16-11)6-7(12)8(4-2)13-10/h6H,3-5H2,1-2H3. The first-order valence-electron chi connectivity index (χ1n) is 5.33. The van der Waals surface area contributed by atoms with Crippen LogP contribution in [0.15, 0.2) is 14.9 Å². The number of hydrogen-bond donors (Lipinski definition) is 0. The Morgan fingerprint density at radius 3 is 2.88 bits per heavy atom. The Labute approximate surface area is 112 Å². The van der Waals surface area contributed by atoms with Crippen molar-refractivity contribution in [2.75, 3.05) is 5.75 Å². The van der Waals surface area contributed by atoms with E-state index >= 15 is 0 Å². The molecule has 0 atom stereocenters. The number of aryl methyl sites for hydroxylation is 1. The van der Waals surface area contributed by atoms with Gasteiger partial charge in [0, 0.05) is 10.2 Å². The molecule has 86 valence electrons. The Balaban J connectivity index is 2.37. The minimum atomic E-state index is 0.892. The molecule has 2 aromatic rings. The van der Waals surface area contributed by atoms with E-state index in [4.69, 9.17) is 0 Å². The van der Waals surface area contributed by atoms with Crippen LogP contribution in [0.2, 0.25) is 0 Å². The first-order chi connectivity index (χ1) is 7.74. The van der Waals surface area contributed by atoms with Gasteiger partial charge in [-0.25, -0.2) is 9.97 Å². The maximum absolute atomic E-state index is 4.56. The van der Waals surface area contributed by atoms with Crippen molar-refractivity contribution in [3.63, 3.8) is 0 Å². The van der Waals surface area contributed by atoms with Crippen molar-refractivity contribution in [1.29, 1.82) is 0 Å². The van der Waals surface area contributed by atoms with Gasteiger partial charge in [0.15, 0.2) is 9.99 Å². The van der Waals surface area contributed by atoms with Crippen LogP contribution >= 0.6 is 39.0 Å². The van der Waals surface area contributed by atoms with E-state index in [1.54, 1.807) is 11.3 Å². The van der Waals surface area contributed by atoms with Crippen molar-refractivity contribution in [3.05, 3.63) is 16.2 Å². The fraction of sp³-hybridized carbons (Fsp3) is 0.455. The van der Waals surface area contributed by atoms with Crippen molar-refractivity contribution in [2.45, 2.75) is 31.0 Å². The van der Waals surface area contributed by atoms with E-state index in [0.29, 0.717) is 0 Å². The van der Waals surface area contributed by atoms with Crippen molar-refractivity contribution >= 4 is 49.4 Å². The molecule has 2 rings (SSSR count). The van der Waals surface area contributed by atoms with E-state index in [0.717, 1.165) is 32.3 Å². The highest BCUT2D eigenvalue weighted by molar-refractivity contribution is 9.10. The van der Waals surface area contributed by atoms with Gasteiger partial charge in [-0.05, 0) is 34.8 Å². The molecular weight excluding hydrogens is 304 g/mol. The van der Waals surface area contributed by atoms with Crippen molar-refractivity contribution in [3.8, 4) is 0 Å². The molecule has 0 amide bonds. The van der Waals surface area contributed by atoms with Crippen LogP contribution in [-0.2, 0) is 6.42 Å². The van der Waals surface area contributed by atoms with Crippen LogP contribution < -0.4 is 0 Å². The Morgan fingerprint density at radius 2 is 2.19 bits per heavy atom. The van der Waals surface area contributed by atoms with Crippen molar-refractivity contribution in [1.82, 2.24) is 9.97 Å². The summed E-state index contributed by atoms with van der Waals surface area (Å²) >= 11 is 7.10. The van der Waals surface area contributed by atoms with Crippen LogP contribution in [0.3, 0.4) is 0 Å². The molecule has 0 bridgehead atoms. The number of thioether (sulfide) groups is 1. The molecule has 0 saturated heterocycles. The lowest BCUT2D eigenvalue weighted by Crippen LogP contribution is -1.88. The molecule has 0 spiro atoms. The van der Waals surface area contributed by atoms with Crippen LogP contribution in [0.25, 0.3) is 10.3 Å². The summed E-state index contributed by atoms with van der Waals surface area (Å²) in [5, 5.41) is 0. The number of aromatic nitrogens is 2. The summed E-state index contributed by atoms with van der Waals surface area (Å²) < 4.78 is 3.39. The summed E-state index contributed by atoms with van der Waals surface area (Å²) in [6, 6.07) is 2.13. The first-order valence-corrected chi connectivity index (χ1v) is 7.92. The topological polar surface area (TPSA) is 25.8 Å². The summed E-state index contributed by atoms with van der Waals surface area (Å²) in [6.07, 6.45) is 2.11. The number of halogens is 1. The lowest BCUT2D eigenvalue weighted by molar-refractivity contribution is 1.03. The lowest BCUT2D eigenvalue weighted by Gasteiger charge is -1.98. The predicted molar refractivity (Wildman–Crippen MR) is 75.5 cm³/mol. The van der Waals surface area contributed by atoms with Crippen LogP contribution in [0.1, 0.15) is 26.0 Å². The van der Waals surface area contributed by atoms with E-state index in [2.05, 4.69) is 45.8 Å². The third kappa shape index (κ3) is 2.57. The quantitative estimate of drug-likeness (QED) is 0.776. The molecule has 0 aromatic carbocycles. The van der Waals surface area contributed by atoms with Gasteiger partial charge in [-0.15, -0.1) is 11.3 Å². The molecular formula is C11H13BrN2S2. The summed E-state index contributed by atoms with van der Waals surface area (Å²) in [5.74, 6) is 1.13. The molecule has 0 saturated carbocycles. The maximum Gasteiger partial charge on any atom is 0.171 e. The Bertz CT molecular complexity index is 496. The van der Waals surface area contributed by atoms with Crippen molar-refractivity contribution in [2.24, 2.45) is 0 Å². The lowest BCUT2D eigenvalue weighted by atomic mass is 10.3. The van der Waals surface area contributed by atoms with Gasteiger partial charge >= 0.3 is 0 Å². The fourth-order valence-corrected chi connectivity index (χ4v) is 4.07. The minimum Gasteiger partial charge on any atom is -0.231 e. The minimum absolute atomic E-state index is 0.892. The number of nitrogens with zero attached hydrogens (tertiary/aromatic N) is 2. The van der Waals surface area contributed by atoms with Gasteiger partial charge in [0.05, 0.1) is 10.4 Å². The van der Waals surface area contributed by atoms with Gasteiger partial charge in [-0.3, -0.25) is 0 Å². The molecule has 2 nitrogen and oxygen atoms in total. The molecule has 0 radical (unpaired) electrons. The van der Waals surface area contributed by atoms with E-state index in [9.17, 15) is 0 Å². The number of thiazole rings is 1. The highest BCUT2D eigenvalue weighted by Gasteiger charge is 2.08. The van der Waals surface area contributed by atoms with E-state index < -0.39 is 0 Å². The Kier molecular flexibility index (Phi) is 4.21. The van der Waals surface area contributed by atoms with Gasteiger partial charge in [-0.1, -0.05) is 25.6 Å². The monoisotopic (exact) mass is 316 g/mol. The molecule has 2 heterocycles. The van der Waals surface area contributed by atoms with Crippen LogP contribution in [-0.4, -0.2) is 15.7 Å². The second kappa shape index (κ2) is 5.47. The van der Waals surface area contributed by atoms with Gasteiger partial charge in [0.25, 0.3) is 0 Å². The zero-order chi connectivity index (χ0) is 11.5. The average molecular weight is 317 g/mol. The Morgan fingerprint density at radius 1 is 1.38 bits per heavy atom. The molecule has 0 unspecified atom stereocenters. The van der Waals surface area contributed by atoms with Crippen LogP contribution in [0.4, 0.5) is 0 Å². The van der Waals surface area contributed by atoms with Gasteiger partial charge < -0.3 is 0 Å². The summed E-state index contributed by atoms with van der Waals surface area (Å²) in [7, 11) is 0. The normalized spacial score (nSPS) is 11.2. The second-order valence-corrected chi connectivity index (χ2v) is 6.65. The van der Waals surface area contributed by atoms with E-state index in [1.807, 2.05) is 11.8 Å². The van der Waals surface area contributed by atoms with Gasteiger partial charge in [0.2, 0.25) is 0 Å². The van der Waals surface area contributed by atoms with Crippen LogP contribution in [0, 0.1) is 0 Å². The fourth-order valence-electron chi connectivity index (χ4n) is 1.36. The molecule has 16 heavy (non-hydrogen) atoms. The smallest absolute Gasteiger partial charge is 0.171 e. The maximum atomic E-state index is 4.56. The SMILES string of the molecule is CCCSc1nc2nc(CC)c(Br)cc2s1. The number of rotatable bonds is 4. The second-order valence-electron chi connectivity index (χ2n) is 3.42. The zero-order valence-electron chi connectivity index (χ0n) is 9.29. The van der Waals surface area contributed by atoms with E-state index in [-0.39, 0.29) is 0 Å². The Hall–Kier alpha value is -0.130. The number of hydrogen-bond acceptors (Lipinski definition) is 4. The molecule has 0 aliphatic heterocycles.